The van der Waals surface area contributed by atoms with E-state index >= 15 is 0 Å². The summed E-state index contributed by atoms with van der Waals surface area (Å²) in [5.41, 5.74) is 7.97. The molecule has 0 spiro atoms. The Morgan fingerprint density at radius 2 is 0.806 bits per heavy atom. The lowest BCUT2D eigenvalue weighted by Gasteiger charge is -2.04. The molecule has 2 heteroatoms. The van der Waals surface area contributed by atoms with Crippen molar-refractivity contribution < 1.29 is 5.11 Å². The zero-order valence-corrected chi connectivity index (χ0v) is 22.9. The molecule has 0 aliphatic carbocycles. The van der Waals surface area contributed by atoms with E-state index in [2.05, 4.69) is 119 Å². The van der Waals surface area contributed by atoms with E-state index in [1.165, 1.54) is 59.1 Å². The predicted octanol–water partition coefficient (Wildman–Crippen LogP) is 9.52. The Hall–Kier alpha value is -2.68. The molecule has 0 aliphatic heterocycles. The van der Waals surface area contributed by atoms with Crippen LogP contribution in [-0.4, -0.2) is 17.0 Å². The SMILES string of the molecule is BrCCCCCc1ccc(-c2ccccc2)cc1.OCCCCCc1ccc(-c2ccccc2)cc1. The fraction of sp³-hybridized carbons (Fsp3) is 0.294. The second kappa shape index (κ2) is 16.9. The normalized spacial score (nSPS) is 10.5. The summed E-state index contributed by atoms with van der Waals surface area (Å²) < 4.78 is 0. The van der Waals surface area contributed by atoms with E-state index in [0.717, 1.165) is 31.0 Å². The van der Waals surface area contributed by atoms with Gasteiger partial charge in [0.05, 0.1) is 0 Å². The van der Waals surface area contributed by atoms with Crippen LogP contribution in [0.25, 0.3) is 22.3 Å². The summed E-state index contributed by atoms with van der Waals surface area (Å²) in [5, 5.41) is 9.85. The largest absolute Gasteiger partial charge is 0.396 e. The topological polar surface area (TPSA) is 20.2 Å². The number of hydrogen-bond acceptors (Lipinski definition) is 1. The third-order valence-corrected chi connectivity index (χ3v) is 6.91. The fourth-order valence-corrected chi connectivity index (χ4v) is 4.60. The molecule has 0 aliphatic rings. The lowest BCUT2D eigenvalue weighted by Crippen LogP contribution is -1.88. The molecule has 1 N–H and O–H groups in total. The van der Waals surface area contributed by atoms with Crippen molar-refractivity contribution >= 4 is 15.9 Å². The van der Waals surface area contributed by atoms with Crippen LogP contribution >= 0.6 is 15.9 Å². The summed E-state index contributed by atoms with van der Waals surface area (Å²) in [6, 6.07) is 38.8. The molecule has 0 fully saturated rings. The quantitative estimate of drug-likeness (QED) is 0.139. The van der Waals surface area contributed by atoms with Crippen molar-refractivity contribution in [3.63, 3.8) is 0 Å². The molecule has 36 heavy (non-hydrogen) atoms. The van der Waals surface area contributed by atoms with Crippen molar-refractivity contribution in [2.75, 3.05) is 11.9 Å². The molecule has 1 nitrogen and oxygen atoms in total. The Kier molecular flexibility index (Phi) is 13.1. The molecule has 0 heterocycles. The summed E-state index contributed by atoms with van der Waals surface area (Å²) >= 11 is 3.47. The van der Waals surface area contributed by atoms with Crippen molar-refractivity contribution in [2.24, 2.45) is 0 Å². The number of alkyl halides is 1. The highest BCUT2D eigenvalue weighted by molar-refractivity contribution is 9.09. The van der Waals surface area contributed by atoms with Gasteiger partial charge < -0.3 is 5.11 Å². The van der Waals surface area contributed by atoms with E-state index in [1.807, 2.05) is 6.07 Å². The summed E-state index contributed by atoms with van der Waals surface area (Å²) in [6.45, 7) is 0.312. The molecule has 0 saturated heterocycles. The van der Waals surface area contributed by atoms with Crippen LogP contribution in [-0.2, 0) is 12.8 Å². The van der Waals surface area contributed by atoms with Crippen molar-refractivity contribution in [3.05, 3.63) is 120 Å². The van der Waals surface area contributed by atoms with Crippen molar-refractivity contribution in [1.29, 1.82) is 0 Å². The summed E-state index contributed by atoms with van der Waals surface area (Å²) in [7, 11) is 0. The van der Waals surface area contributed by atoms with E-state index in [0.29, 0.717) is 6.61 Å². The van der Waals surface area contributed by atoms with Gasteiger partial charge in [-0.3, -0.25) is 0 Å². The molecular formula is C34H39BrO. The molecule has 0 amide bonds. The van der Waals surface area contributed by atoms with Crippen LogP contribution in [0.1, 0.15) is 49.7 Å². The Labute approximate surface area is 226 Å². The van der Waals surface area contributed by atoms with Gasteiger partial charge in [0, 0.05) is 11.9 Å². The molecule has 0 saturated carbocycles. The average Bonchev–Trinajstić information content (AvgIpc) is 2.95. The molecule has 4 aromatic rings. The van der Waals surface area contributed by atoms with Crippen LogP contribution in [0.4, 0.5) is 0 Å². The van der Waals surface area contributed by atoms with Crippen LogP contribution in [0.2, 0.25) is 0 Å². The maximum Gasteiger partial charge on any atom is 0.0431 e. The minimum absolute atomic E-state index is 0.312. The van der Waals surface area contributed by atoms with E-state index < -0.39 is 0 Å². The van der Waals surface area contributed by atoms with Crippen molar-refractivity contribution in [2.45, 2.75) is 51.4 Å². The maximum absolute atomic E-state index is 8.73. The second-order valence-electron chi connectivity index (χ2n) is 9.16. The first-order valence-corrected chi connectivity index (χ1v) is 14.4. The summed E-state index contributed by atoms with van der Waals surface area (Å²) in [6.07, 6.45) is 9.37. The molecular weight excluding hydrogens is 504 g/mol. The van der Waals surface area contributed by atoms with Crippen LogP contribution < -0.4 is 0 Å². The molecule has 0 bridgehead atoms. The average molecular weight is 544 g/mol. The highest BCUT2D eigenvalue weighted by atomic mass is 79.9. The zero-order chi connectivity index (χ0) is 25.3. The van der Waals surface area contributed by atoms with Gasteiger partial charge in [-0.05, 0) is 71.9 Å². The second-order valence-corrected chi connectivity index (χ2v) is 9.95. The molecule has 0 atom stereocenters. The fourth-order valence-electron chi connectivity index (χ4n) is 4.21. The predicted molar refractivity (Wildman–Crippen MR) is 160 cm³/mol. The third-order valence-electron chi connectivity index (χ3n) is 6.34. The number of aryl methyl sites for hydroxylation is 2. The number of unbranched alkanes of at least 4 members (excludes halogenated alkanes) is 4. The van der Waals surface area contributed by atoms with Crippen LogP contribution in [0.15, 0.2) is 109 Å². The Balaban J connectivity index is 0.000000201. The van der Waals surface area contributed by atoms with Gasteiger partial charge in [0.2, 0.25) is 0 Å². The van der Waals surface area contributed by atoms with Gasteiger partial charge >= 0.3 is 0 Å². The molecule has 4 aromatic carbocycles. The van der Waals surface area contributed by atoms with Gasteiger partial charge in [-0.15, -0.1) is 0 Å². The number of aliphatic hydroxyl groups excluding tert-OH is 1. The Morgan fingerprint density at radius 3 is 1.19 bits per heavy atom. The monoisotopic (exact) mass is 542 g/mol. The van der Waals surface area contributed by atoms with Gasteiger partial charge in [0.1, 0.15) is 0 Å². The highest BCUT2D eigenvalue weighted by Crippen LogP contribution is 2.21. The van der Waals surface area contributed by atoms with Crippen molar-refractivity contribution in [1.82, 2.24) is 0 Å². The van der Waals surface area contributed by atoms with Crippen LogP contribution in [0, 0.1) is 0 Å². The van der Waals surface area contributed by atoms with E-state index in [1.54, 1.807) is 0 Å². The van der Waals surface area contributed by atoms with Gasteiger partial charge in [-0.1, -0.05) is 138 Å². The minimum atomic E-state index is 0.312. The standard InChI is InChI=1S/C17H19Br.C17H20O/c2*18-14-6-2-3-7-15-10-12-17(13-11-15)16-8-4-1-5-9-16/h1,4-5,8-13H,2-3,6-7,14H2;1,4-5,8-13,18H,2-3,6-7,14H2. The summed E-state index contributed by atoms with van der Waals surface area (Å²) in [4.78, 5) is 0. The maximum atomic E-state index is 8.73. The number of rotatable bonds is 12. The van der Waals surface area contributed by atoms with E-state index in [4.69, 9.17) is 5.11 Å². The third kappa shape index (κ3) is 10.1. The van der Waals surface area contributed by atoms with Crippen molar-refractivity contribution in [3.8, 4) is 22.3 Å². The number of halogens is 1. The number of benzene rings is 4. The van der Waals surface area contributed by atoms with E-state index in [9.17, 15) is 0 Å². The first kappa shape index (κ1) is 27.9. The highest BCUT2D eigenvalue weighted by Gasteiger charge is 1.99. The first-order chi connectivity index (χ1) is 17.8. The number of aliphatic hydroxyl groups is 1. The summed E-state index contributed by atoms with van der Waals surface area (Å²) in [5.74, 6) is 0. The molecule has 0 unspecified atom stereocenters. The minimum Gasteiger partial charge on any atom is -0.396 e. The van der Waals surface area contributed by atoms with Gasteiger partial charge in [-0.2, -0.15) is 0 Å². The molecule has 4 rings (SSSR count). The Morgan fingerprint density at radius 1 is 0.417 bits per heavy atom. The molecule has 0 aromatic heterocycles. The molecule has 0 radical (unpaired) electrons. The van der Waals surface area contributed by atoms with Gasteiger partial charge in [0.25, 0.3) is 0 Å². The van der Waals surface area contributed by atoms with E-state index in [-0.39, 0.29) is 0 Å². The lowest BCUT2D eigenvalue weighted by atomic mass is 10.0. The van der Waals surface area contributed by atoms with Crippen LogP contribution in [0.5, 0.6) is 0 Å². The van der Waals surface area contributed by atoms with Gasteiger partial charge in [-0.25, -0.2) is 0 Å². The molecule has 188 valence electrons. The zero-order valence-electron chi connectivity index (χ0n) is 21.3. The smallest absolute Gasteiger partial charge is 0.0431 e. The lowest BCUT2D eigenvalue weighted by molar-refractivity contribution is 0.283. The Bertz CT molecular complexity index is 983. The van der Waals surface area contributed by atoms with Crippen LogP contribution in [0.3, 0.4) is 0 Å². The first-order valence-electron chi connectivity index (χ1n) is 13.3. The van der Waals surface area contributed by atoms with Gasteiger partial charge in [0.15, 0.2) is 0 Å². The number of hydrogen-bond donors (Lipinski definition) is 1.